The van der Waals surface area contributed by atoms with Crippen LogP contribution >= 0.6 is 24.0 Å². The van der Waals surface area contributed by atoms with Gasteiger partial charge in [0.15, 0.2) is 17.4 Å². The van der Waals surface area contributed by atoms with Crippen molar-refractivity contribution in [3.8, 4) is 0 Å². The Bertz CT molecular complexity index is 917. The Morgan fingerprint density at radius 1 is 1.07 bits per heavy atom. The molecule has 3 aromatic rings. The Morgan fingerprint density at radius 2 is 1.86 bits per heavy atom. The molecule has 0 radical (unpaired) electrons. The lowest BCUT2D eigenvalue weighted by atomic mass is 9.64. The number of aromatic nitrogens is 3. The third kappa shape index (κ3) is 4.29. The van der Waals surface area contributed by atoms with Crippen molar-refractivity contribution < 1.29 is 0 Å². The lowest BCUT2D eigenvalue weighted by molar-refractivity contribution is 0.244. The highest BCUT2D eigenvalue weighted by molar-refractivity contribution is 14.0. The van der Waals surface area contributed by atoms with E-state index in [1.807, 2.05) is 28.8 Å². The molecule has 2 N–H and O–H groups in total. The molecular weight excluding hydrogens is 463 g/mol. The number of halogens is 1. The zero-order valence-corrected chi connectivity index (χ0v) is 18.5. The minimum Gasteiger partial charge on any atom is -0.357 e. The quantitative estimate of drug-likeness (QED) is 0.315. The SMILES string of the molecule is CCNC(=NCc1nnc2ccccn12)NCC1(c2ccccc2)CCC1.I. The zero-order valence-electron chi connectivity index (χ0n) is 16.1. The number of rotatable bonds is 6. The van der Waals surface area contributed by atoms with E-state index in [9.17, 15) is 0 Å². The summed E-state index contributed by atoms with van der Waals surface area (Å²) < 4.78 is 1.98. The number of pyridine rings is 1. The molecule has 0 saturated heterocycles. The molecule has 0 spiro atoms. The van der Waals surface area contributed by atoms with Gasteiger partial charge in [-0.3, -0.25) is 4.40 Å². The fraction of sp³-hybridized carbons (Fsp3) is 0.381. The van der Waals surface area contributed by atoms with E-state index in [2.05, 4.69) is 58.1 Å². The first-order valence-corrected chi connectivity index (χ1v) is 9.67. The van der Waals surface area contributed by atoms with Crippen LogP contribution in [-0.2, 0) is 12.0 Å². The molecule has 1 aliphatic rings. The van der Waals surface area contributed by atoms with Crippen molar-refractivity contribution in [1.82, 2.24) is 25.2 Å². The number of guanidine groups is 1. The van der Waals surface area contributed by atoms with Crippen LogP contribution in [-0.4, -0.2) is 33.6 Å². The standard InChI is InChI=1S/C21H26N6.HI/c1-2-22-20(23-15-19-26-25-18-11-6-7-14-27(18)19)24-16-21(12-8-13-21)17-9-4-3-5-10-17;/h3-7,9-11,14H,2,8,12-13,15-16H2,1H3,(H2,22,23,24);1H. The molecule has 7 heteroatoms. The molecule has 1 fully saturated rings. The first-order valence-electron chi connectivity index (χ1n) is 9.67. The number of hydrogen-bond donors (Lipinski definition) is 2. The van der Waals surface area contributed by atoms with E-state index in [0.29, 0.717) is 6.54 Å². The van der Waals surface area contributed by atoms with Crippen molar-refractivity contribution in [2.24, 2.45) is 4.99 Å². The summed E-state index contributed by atoms with van der Waals surface area (Å²) >= 11 is 0. The van der Waals surface area contributed by atoms with Gasteiger partial charge >= 0.3 is 0 Å². The highest BCUT2D eigenvalue weighted by Gasteiger charge is 2.38. The maximum atomic E-state index is 4.73. The van der Waals surface area contributed by atoms with Crippen LogP contribution in [0.15, 0.2) is 59.7 Å². The summed E-state index contributed by atoms with van der Waals surface area (Å²) in [6.07, 6.45) is 5.70. The van der Waals surface area contributed by atoms with E-state index in [1.54, 1.807) is 0 Å². The van der Waals surface area contributed by atoms with Gasteiger partial charge in [-0.05, 0) is 37.5 Å². The summed E-state index contributed by atoms with van der Waals surface area (Å²) in [6, 6.07) is 16.7. The average Bonchev–Trinajstić information content (AvgIpc) is 3.09. The Morgan fingerprint density at radius 3 is 2.57 bits per heavy atom. The van der Waals surface area contributed by atoms with Crippen LogP contribution in [0, 0.1) is 0 Å². The fourth-order valence-corrected chi connectivity index (χ4v) is 3.71. The normalized spacial score (nSPS) is 15.5. The topological polar surface area (TPSA) is 66.6 Å². The van der Waals surface area contributed by atoms with Crippen molar-refractivity contribution in [1.29, 1.82) is 0 Å². The Kier molecular flexibility index (Phi) is 6.88. The molecule has 0 bridgehead atoms. The maximum absolute atomic E-state index is 4.73. The first kappa shape index (κ1) is 20.6. The molecule has 1 aromatic carbocycles. The molecule has 1 aliphatic carbocycles. The van der Waals surface area contributed by atoms with E-state index in [4.69, 9.17) is 4.99 Å². The van der Waals surface area contributed by atoms with Crippen LogP contribution in [0.3, 0.4) is 0 Å². The third-order valence-electron chi connectivity index (χ3n) is 5.40. The van der Waals surface area contributed by atoms with Crippen LogP contribution in [0.2, 0.25) is 0 Å². The summed E-state index contributed by atoms with van der Waals surface area (Å²) in [5, 5.41) is 15.4. The largest absolute Gasteiger partial charge is 0.357 e. The average molecular weight is 490 g/mol. The maximum Gasteiger partial charge on any atom is 0.191 e. The van der Waals surface area contributed by atoms with Gasteiger partial charge < -0.3 is 10.6 Å². The van der Waals surface area contributed by atoms with Gasteiger partial charge in [-0.25, -0.2) is 4.99 Å². The van der Waals surface area contributed by atoms with Gasteiger partial charge in [0.05, 0.1) is 0 Å². The summed E-state index contributed by atoms with van der Waals surface area (Å²) in [6.45, 7) is 4.28. The van der Waals surface area contributed by atoms with Crippen LogP contribution in [0.5, 0.6) is 0 Å². The number of nitrogens with zero attached hydrogens (tertiary/aromatic N) is 4. The predicted octanol–water partition coefficient (Wildman–Crippen LogP) is 3.52. The van der Waals surface area contributed by atoms with E-state index in [0.717, 1.165) is 30.5 Å². The number of fused-ring (bicyclic) bond motifs is 1. The van der Waals surface area contributed by atoms with Crippen LogP contribution in [0.4, 0.5) is 0 Å². The molecule has 0 unspecified atom stereocenters. The first-order chi connectivity index (χ1) is 13.3. The smallest absolute Gasteiger partial charge is 0.191 e. The monoisotopic (exact) mass is 490 g/mol. The minimum atomic E-state index is 0. The number of aliphatic imine (C=N–C) groups is 1. The second kappa shape index (κ2) is 9.36. The Balaban J connectivity index is 0.00000225. The molecule has 6 nitrogen and oxygen atoms in total. The third-order valence-corrected chi connectivity index (χ3v) is 5.40. The Labute approximate surface area is 182 Å². The van der Waals surface area contributed by atoms with Gasteiger partial charge in [0.25, 0.3) is 0 Å². The minimum absolute atomic E-state index is 0. The van der Waals surface area contributed by atoms with Crippen molar-refractivity contribution in [3.05, 3.63) is 66.1 Å². The highest BCUT2D eigenvalue weighted by atomic mass is 127. The molecule has 0 amide bonds. The van der Waals surface area contributed by atoms with Crippen LogP contribution in [0.1, 0.15) is 37.6 Å². The van der Waals surface area contributed by atoms with E-state index < -0.39 is 0 Å². The summed E-state index contributed by atoms with van der Waals surface area (Å²) in [5.41, 5.74) is 2.49. The van der Waals surface area contributed by atoms with Gasteiger partial charge in [0.2, 0.25) is 0 Å². The van der Waals surface area contributed by atoms with Gasteiger partial charge in [-0.2, -0.15) is 0 Å². The van der Waals surface area contributed by atoms with Crippen LogP contribution in [0.25, 0.3) is 5.65 Å². The summed E-state index contributed by atoms with van der Waals surface area (Å²) in [4.78, 5) is 4.73. The number of hydrogen-bond acceptors (Lipinski definition) is 3. The second-order valence-corrected chi connectivity index (χ2v) is 7.09. The van der Waals surface area contributed by atoms with Crippen LogP contribution < -0.4 is 10.6 Å². The molecule has 148 valence electrons. The highest BCUT2D eigenvalue weighted by Crippen LogP contribution is 2.43. The van der Waals surface area contributed by atoms with Crippen molar-refractivity contribution >= 4 is 35.6 Å². The molecule has 2 heterocycles. The molecule has 4 rings (SSSR count). The lowest BCUT2D eigenvalue weighted by Gasteiger charge is -2.43. The molecule has 1 saturated carbocycles. The van der Waals surface area contributed by atoms with E-state index in [1.165, 1.54) is 24.8 Å². The molecule has 28 heavy (non-hydrogen) atoms. The molecule has 2 aromatic heterocycles. The van der Waals surface area contributed by atoms with Crippen molar-refractivity contribution in [3.63, 3.8) is 0 Å². The van der Waals surface area contributed by atoms with E-state index in [-0.39, 0.29) is 29.4 Å². The fourth-order valence-electron chi connectivity index (χ4n) is 3.71. The summed E-state index contributed by atoms with van der Waals surface area (Å²) in [5.74, 6) is 1.66. The van der Waals surface area contributed by atoms with Gasteiger partial charge in [0.1, 0.15) is 6.54 Å². The van der Waals surface area contributed by atoms with Crippen molar-refractivity contribution in [2.45, 2.75) is 38.1 Å². The van der Waals surface area contributed by atoms with Gasteiger partial charge in [-0.1, -0.05) is 42.8 Å². The molecular formula is C21H27IN6. The lowest BCUT2D eigenvalue weighted by Crippen LogP contribution is -2.48. The van der Waals surface area contributed by atoms with Gasteiger partial charge in [-0.15, -0.1) is 34.2 Å². The zero-order chi connectivity index (χ0) is 18.5. The molecule has 0 atom stereocenters. The number of nitrogens with one attached hydrogen (secondary N) is 2. The molecule has 0 aliphatic heterocycles. The van der Waals surface area contributed by atoms with Crippen molar-refractivity contribution in [2.75, 3.05) is 13.1 Å². The summed E-state index contributed by atoms with van der Waals surface area (Å²) in [7, 11) is 0. The predicted molar refractivity (Wildman–Crippen MR) is 123 cm³/mol. The van der Waals surface area contributed by atoms with Gasteiger partial charge in [0, 0.05) is 24.7 Å². The number of benzene rings is 1. The second-order valence-electron chi connectivity index (χ2n) is 7.09. The van der Waals surface area contributed by atoms with E-state index >= 15 is 0 Å². The Hall–Kier alpha value is -2.16.